The van der Waals surface area contributed by atoms with Crippen molar-refractivity contribution >= 4 is 11.9 Å². The second-order valence-corrected chi connectivity index (χ2v) is 6.84. The highest BCUT2D eigenvalue weighted by Gasteiger charge is 2.37. The van der Waals surface area contributed by atoms with Crippen molar-refractivity contribution in [3.63, 3.8) is 0 Å². The molecule has 0 aliphatic heterocycles. The van der Waals surface area contributed by atoms with Crippen LogP contribution in [0.4, 0.5) is 0 Å². The first-order valence-corrected chi connectivity index (χ1v) is 8.03. The second-order valence-electron chi connectivity index (χ2n) is 6.84. The van der Waals surface area contributed by atoms with E-state index in [2.05, 4.69) is 29.5 Å². The second kappa shape index (κ2) is 8.25. The van der Waals surface area contributed by atoms with Crippen molar-refractivity contribution < 1.29 is 4.79 Å². The van der Waals surface area contributed by atoms with Crippen LogP contribution in [0.2, 0.25) is 0 Å². The van der Waals surface area contributed by atoms with Gasteiger partial charge in [-0.1, -0.05) is 20.3 Å². The molecule has 5 heteroatoms. The van der Waals surface area contributed by atoms with Gasteiger partial charge < -0.3 is 15.5 Å². The summed E-state index contributed by atoms with van der Waals surface area (Å²) in [6.45, 7) is 6.18. The molecule has 0 saturated heterocycles. The predicted molar refractivity (Wildman–Crippen MR) is 88.4 cm³/mol. The summed E-state index contributed by atoms with van der Waals surface area (Å²) < 4.78 is 0. The molecule has 1 aliphatic rings. The molecule has 0 aromatic carbocycles. The van der Waals surface area contributed by atoms with Gasteiger partial charge in [0.25, 0.3) is 0 Å². The van der Waals surface area contributed by atoms with Crippen molar-refractivity contribution in [1.29, 1.82) is 0 Å². The number of hydrogen-bond acceptors (Lipinski definition) is 2. The minimum Gasteiger partial charge on any atom is -0.356 e. The van der Waals surface area contributed by atoms with E-state index in [0.29, 0.717) is 18.4 Å². The van der Waals surface area contributed by atoms with E-state index in [1.54, 1.807) is 26.0 Å². The van der Waals surface area contributed by atoms with Crippen LogP contribution in [0.15, 0.2) is 4.99 Å². The average Bonchev–Trinajstić information content (AvgIpc) is 2.38. The Balaban J connectivity index is 2.32. The van der Waals surface area contributed by atoms with Crippen molar-refractivity contribution in [1.82, 2.24) is 15.5 Å². The first-order valence-electron chi connectivity index (χ1n) is 8.03. The SMILES string of the molecule is CN=C(NCCC(=O)N(C)C)NCC1(CC(C)C)CCC1. The van der Waals surface area contributed by atoms with Gasteiger partial charge in [-0.2, -0.15) is 0 Å². The summed E-state index contributed by atoms with van der Waals surface area (Å²) in [6, 6.07) is 0. The first-order chi connectivity index (χ1) is 9.88. The number of hydrogen-bond donors (Lipinski definition) is 2. The maximum Gasteiger partial charge on any atom is 0.223 e. The molecule has 0 aromatic rings. The number of nitrogens with one attached hydrogen (secondary N) is 2. The number of carbonyl (C=O) groups is 1. The molecule has 122 valence electrons. The fraction of sp³-hybridized carbons (Fsp3) is 0.875. The van der Waals surface area contributed by atoms with Gasteiger partial charge in [0.15, 0.2) is 5.96 Å². The normalized spacial score (nSPS) is 17.3. The van der Waals surface area contributed by atoms with Crippen LogP contribution in [-0.2, 0) is 4.79 Å². The number of amides is 1. The zero-order chi connectivity index (χ0) is 15.9. The molecular formula is C16H32N4O. The Kier molecular flexibility index (Phi) is 6.99. The largest absolute Gasteiger partial charge is 0.356 e. The third kappa shape index (κ3) is 5.94. The Labute approximate surface area is 129 Å². The molecule has 0 unspecified atom stereocenters. The highest BCUT2D eigenvalue weighted by molar-refractivity contribution is 5.81. The maximum atomic E-state index is 11.5. The molecule has 21 heavy (non-hydrogen) atoms. The Hall–Kier alpha value is -1.26. The van der Waals surface area contributed by atoms with E-state index in [1.165, 1.54) is 25.7 Å². The van der Waals surface area contributed by atoms with Crippen LogP contribution in [0, 0.1) is 11.3 Å². The van der Waals surface area contributed by atoms with E-state index in [4.69, 9.17) is 0 Å². The summed E-state index contributed by atoms with van der Waals surface area (Å²) >= 11 is 0. The Bertz CT molecular complexity index is 359. The monoisotopic (exact) mass is 296 g/mol. The van der Waals surface area contributed by atoms with Gasteiger partial charge in [0.1, 0.15) is 0 Å². The molecule has 0 heterocycles. The molecule has 0 atom stereocenters. The zero-order valence-corrected chi connectivity index (χ0v) is 14.3. The van der Waals surface area contributed by atoms with Crippen molar-refractivity contribution in [3.8, 4) is 0 Å². The molecule has 0 radical (unpaired) electrons. The van der Waals surface area contributed by atoms with Gasteiger partial charge in [0, 0.05) is 40.7 Å². The highest BCUT2D eigenvalue weighted by atomic mass is 16.2. The highest BCUT2D eigenvalue weighted by Crippen LogP contribution is 2.45. The van der Waals surface area contributed by atoms with Gasteiger partial charge in [-0.15, -0.1) is 0 Å². The number of carbonyl (C=O) groups excluding carboxylic acids is 1. The van der Waals surface area contributed by atoms with Crippen LogP contribution in [0.25, 0.3) is 0 Å². The van der Waals surface area contributed by atoms with Gasteiger partial charge >= 0.3 is 0 Å². The molecule has 0 aromatic heterocycles. The number of guanidine groups is 1. The van der Waals surface area contributed by atoms with Gasteiger partial charge in [0.2, 0.25) is 5.91 Å². The minimum absolute atomic E-state index is 0.133. The molecule has 1 rings (SSSR count). The van der Waals surface area contributed by atoms with E-state index in [-0.39, 0.29) is 5.91 Å². The smallest absolute Gasteiger partial charge is 0.223 e. The summed E-state index contributed by atoms with van der Waals surface area (Å²) in [4.78, 5) is 17.4. The Morgan fingerprint density at radius 1 is 1.29 bits per heavy atom. The standard InChI is InChI=1S/C16H32N4O/c1-13(2)11-16(8-6-9-16)12-19-15(17-3)18-10-7-14(21)20(4)5/h13H,6-12H2,1-5H3,(H2,17,18,19). The van der Waals surface area contributed by atoms with Gasteiger partial charge in [-0.25, -0.2) is 0 Å². The fourth-order valence-electron chi connectivity index (χ4n) is 3.00. The van der Waals surface area contributed by atoms with Crippen LogP contribution < -0.4 is 10.6 Å². The molecule has 1 fully saturated rings. The van der Waals surface area contributed by atoms with Crippen LogP contribution in [0.5, 0.6) is 0 Å². The van der Waals surface area contributed by atoms with Crippen molar-refractivity contribution in [2.24, 2.45) is 16.3 Å². The van der Waals surface area contributed by atoms with Crippen molar-refractivity contribution in [2.45, 2.75) is 46.0 Å². The summed E-state index contributed by atoms with van der Waals surface area (Å²) in [5.41, 5.74) is 0.450. The minimum atomic E-state index is 0.133. The topological polar surface area (TPSA) is 56.7 Å². The number of rotatable bonds is 7. The molecular weight excluding hydrogens is 264 g/mol. The molecule has 1 saturated carbocycles. The summed E-state index contributed by atoms with van der Waals surface area (Å²) in [6.07, 6.45) is 5.74. The van der Waals surface area contributed by atoms with E-state index >= 15 is 0 Å². The van der Waals surface area contributed by atoms with E-state index in [0.717, 1.165) is 18.4 Å². The Morgan fingerprint density at radius 3 is 2.38 bits per heavy atom. The van der Waals surface area contributed by atoms with Gasteiger partial charge in [0.05, 0.1) is 0 Å². The van der Waals surface area contributed by atoms with Crippen LogP contribution in [0.3, 0.4) is 0 Å². The zero-order valence-electron chi connectivity index (χ0n) is 14.3. The lowest BCUT2D eigenvalue weighted by Crippen LogP contribution is -2.47. The Morgan fingerprint density at radius 2 is 1.95 bits per heavy atom. The summed E-state index contributed by atoms with van der Waals surface area (Å²) in [7, 11) is 5.34. The molecule has 0 bridgehead atoms. The van der Waals surface area contributed by atoms with E-state index in [9.17, 15) is 4.79 Å². The first kappa shape index (κ1) is 17.8. The van der Waals surface area contributed by atoms with Gasteiger partial charge in [-0.3, -0.25) is 9.79 Å². The number of nitrogens with zero attached hydrogens (tertiary/aromatic N) is 2. The summed E-state index contributed by atoms with van der Waals surface area (Å²) in [5.74, 6) is 1.67. The molecule has 5 nitrogen and oxygen atoms in total. The quantitative estimate of drug-likeness (QED) is 0.557. The van der Waals surface area contributed by atoms with Gasteiger partial charge in [-0.05, 0) is 30.6 Å². The van der Waals surface area contributed by atoms with Crippen molar-refractivity contribution in [3.05, 3.63) is 0 Å². The summed E-state index contributed by atoms with van der Waals surface area (Å²) in [5, 5.41) is 6.66. The van der Waals surface area contributed by atoms with Crippen LogP contribution >= 0.6 is 0 Å². The maximum absolute atomic E-state index is 11.5. The van der Waals surface area contributed by atoms with Crippen LogP contribution in [-0.4, -0.2) is 51.0 Å². The molecule has 2 N–H and O–H groups in total. The average molecular weight is 296 g/mol. The lowest BCUT2D eigenvalue weighted by Gasteiger charge is -2.43. The fourth-order valence-corrected chi connectivity index (χ4v) is 3.00. The lowest BCUT2D eigenvalue weighted by molar-refractivity contribution is -0.128. The third-order valence-corrected chi connectivity index (χ3v) is 4.24. The number of aliphatic imine (C=N–C) groups is 1. The van der Waals surface area contributed by atoms with Crippen LogP contribution in [0.1, 0.15) is 46.0 Å². The predicted octanol–water partition coefficient (Wildman–Crippen LogP) is 1.85. The molecule has 1 aliphatic carbocycles. The molecule has 0 spiro atoms. The van der Waals surface area contributed by atoms with E-state index < -0.39 is 0 Å². The lowest BCUT2D eigenvalue weighted by atomic mass is 9.64. The molecule has 1 amide bonds. The van der Waals surface area contributed by atoms with Crippen molar-refractivity contribution in [2.75, 3.05) is 34.2 Å². The van der Waals surface area contributed by atoms with E-state index in [1.807, 2.05) is 0 Å². The third-order valence-electron chi connectivity index (χ3n) is 4.24.